The molecule has 1 heterocycles. The maximum atomic E-state index is 12.9. The van der Waals surface area contributed by atoms with E-state index in [9.17, 15) is 14.9 Å². The minimum Gasteiger partial charge on any atom is -0.288 e. The van der Waals surface area contributed by atoms with Crippen molar-refractivity contribution in [3.63, 3.8) is 0 Å². The number of rotatable bonds is 4. The Morgan fingerprint density at radius 1 is 1.04 bits per heavy atom. The molecule has 0 N–H and O–H groups in total. The standard InChI is InChI=1S/C18H15N3O3/c1-12-17(13(2)20(19-12)14-8-4-3-5-9-14)18(22)15-10-6-7-11-16(15)21(23)24/h3-11H,1-2H3. The minimum absolute atomic E-state index is 0.0707. The zero-order valence-corrected chi connectivity index (χ0v) is 13.3. The van der Waals surface area contributed by atoms with E-state index in [1.165, 1.54) is 12.1 Å². The van der Waals surface area contributed by atoms with Gasteiger partial charge in [0, 0.05) is 6.07 Å². The predicted molar refractivity (Wildman–Crippen MR) is 89.6 cm³/mol. The van der Waals surface area contributed by atoms with Crippen LogP contribution in [-0.2, 0) is 0 Å². The topological polar surface area (TPSA) is 78.0 Å². The Kier molecular flexibility index (Phi) is 3.95. The van der Waals surface area contributed by atoms with Gasteiger partial charge in [0.15, 0.2) is 0 Å². The fourth-order valence-electron chi connectivity index (χ4n) is 2.75. The maximum absolute atomic E-state index is 12.9. The smallest absolute Gasteiger partial charge is 0.280 e. The number of aryl methyl sites for hydroxylation is 1. The average Bonchev–Trinajstić information content (AvgIpc) is 2.89. The van der Waals surface area contributed by atoms with Crippen molar-refractivity contribution >= 4 is 11.5 Å². The molecule has 1 aromatic heterocycles. The molecule has 6 nitrogen and oxygen atoms in total. The summed E-state index contributed by atoms with van der Waals surface area (Å²) >= 11 is 0. The molecule has 0 aliphatic carbocycles. The number of para-hydroxylation sites is 2. The molecule has 0 fully saturated rings. The Bertz CT molecular complexity index is 930. The average molecular weight is 321 g/mol. The van der Waals surface area contributed by atoms with Gasteiger partial charge < -0.3 is 0 Å². The molecule has 0 aliphatic heterocycles. The van der Waals surface area contributed by atoms with E-state index >= 15 is 0 Å². The highest BCUT2D eigenvalue weighted by atomic mass is 16.6. The Morgan fingerprint density at radius 2 is 1.67 bits per heavy atom. The van der Waals surface area contributed by atoms with E-state index in [2.05, 4.69) is 5.10 Å². The summed E-state index contributed by atoms with van der Waals surface area (Å²) in [6.45, 7) is 3.52. The minimum atomic E-state index is -0.542. The van der Waals surface area contributed by atoms with Crippen molar-refractivity contribution in [1.29, 1.82) is 0 Å². The second-order valence-corrected chi connectivity index (χ2v) is 5.40. The fraction of sp³-hybridized carbons (Fsp3) is 0.111. The molecule has 0 atom stereocenters. The maximum Gasteiger partial charge on any atom is 0.280 e. The van der Waals surface area contributed by atoms with E-state index in [1.807, 2.05) is 30.3 Å². The number of aromatic nitrogens is 2. The molecular weight excluding hydrogens is 306 g/mol. The second-order valence-electron chi connectivity index (χ2n) is 5.40. The molecule has 0 saturated carbocycles. The zero-order valence-electron chi connectivity index (χ0n) is 13.3. The van der Waals surface area contributed by atoms with Crippen LogP contribution in [0.4, 0.5) is 5.69 Å². The number of nitro benzene ring substituents is 1. The van der Waals surface area contributed by atoms with Gasteiger partial charge in [0.25, 0.3) is 5.69 Å². The molecule has 0 saturated heterocycles. The first-order valence-corrected chi connectivity index (χ1v) is 7.40. The summed E-state index contributed by atoms with van der Waals surface area (Å²) in [7, 11) is 0. The quantitative estimate of drug-likeness (QED) is 0.417. The molecular formula is C18H15N3O3. The number of carbonyl (C=O) groups is 1. The first-order chi connectivity index (χ1) is 11.5. The number of ketones is 1. The van der Waals surface area contributed by atoms with Crippen LogP contribution in [0.1, 0.15) is 27.3 Å². The van der Waals surface area contributed by atoms with Gasteiger partial charge >= 0.3 is 0 Å². The molecule has 0 radical (unpaired) electrons. The Hall–Kier alpha value is -3.28. The number of nitrogens with zero attached hydrogens (tertiary/aromatic N) is 3. The van der Waals surface area contributed by atoms with Crippen molar-refractivity contribution in [3.8, 4) is 5.69 Å². The van der Waals surface area contributed by atoms with Crippen molar-refractivity contribution in [2.75, 3.05) is 0 Å². The summed E-state index contributed by atoms with van der Waals surface area (Å²) in [4.78, 5) is 23.5. The number of hydrogen-bond acceptors (Lipinski definition) is 4. The van der Waals surface area contributed by atoms with E-state index in [0.29, 0.717) is 17.0 Å². The fourth-order valence-corrected chi connectivity index (χ4v) is 2.75. The Morgan fingerprint density at radius 3 is 2.33 bits per heavy atom. The number of hydrogen-bond donors (Lipinski definition) is 0. The van der Waals surface area contributed by atoms with Crippen molar-refractivity contribution < 1.29 is 9.72 Å². The summed E-state index contributed by atoms with van der Waals surface area (Å²) in [5, 5.41) is 15.6. The molecule has 0 spiro atoms. The molecule has 3 aromatic rings. The zero-order chi connectivity index (χ0) is 17.3. The van der Waals surface area contributed by atoms with Crippen molar-refractivity contribution in [2.24, 2.45) is 0 Å². The van der Waals surface area contributed by atoms with Crippen LogP contribution in [0.15, 0.2) is 54.6 Å². The molecule has 24 heavy (non-hydrogen) atoms. The lowest BCUT2D eigenvalue weighted by atomic mass is 10.0. The predicted octanol–water partition coefficient (Wildman–Crippen LogP) is 3.63. The first kappa shape index (κ1) is 15.6. The third-order valence-corrected chi connectivity index (χ3v) is 3.86. The van der Waals surface area contributed by atoms with Crippen molar-refractivity contribution in [3.05, 3.63) is 87.2 Å². The van der Waals surface area contributed by atoms with Crippen LogP contribution < -0.4 is 0 Å². The molecule has 0 aliphatic rings. The summed E-state index contributed by atoms with van der Waals surface area (Å²) in [6, 6.07) is 15.4. The Balaban J connectivity index is 2.13. The van der Waals surface area contributed by atoms with Crippen molar-refractivity contribution in [1.82, 2.24) is 9.78 Å². The summed E-state index contributed by atoms with van der Waals surface area (Å²) in [5.74, 6) is -0.389. The second kappa shape index (κ2) is 6.08. The highest BCUT2D eigenvalue weighted by Crippen LogP contribution is 2.25. The van der Waals surface area contributed by atoms with E-state index < -0.39 is 4.92 Å². The van der Waals surface area contributed by atoms with Crippen LogP contribution in [0.2, 0.25) is 0 Å². The summed E-state index contributed by atoms with van der Waals surface area (Å²) in [5.41, 5.74) is 2.30. The van der Waals surface area contributed by atoms with Gasteiger partial charge in [-0.25, -0.2) is 4.68 Å². The molecule has 0 amide bonds. The van der Waals surface area contributed by atoms with Gasteiger partial charge in [-0.2, -0.15) is 5.10 Å². The molecule has 0 bridgehead atoms. The lowest BCUT2D eigenvalue weighted by Gasteiger charge is -2.05. The lowest BCUT2D eigenvalue weighted by Crippen LogP contribution is -2.08. The normalized spacial score (nSPS) is 10.6. The molecule has 120 valence electrons. The third kappa shape index (κ3) is 2.58. The van der Waals surface area contributed by atoms with Crippen LogP contribution in [0.3, 0.4) is 0 Å². The summed E-state index contributed by atoms with van der Waals surface area (Å²) in [6.07, 6.45) is 0. The highest BCUT2D eigenvalue weighted by molar-refractivity contribution is 6.12. The van der Waals surface area contributed by atoms with Crippen LogP contribution >= 0.6 is 0 Å². The summed E-state index contributed by atoms with van der Waals surface area (Å²) < 4.78 is 1.68. The number of carbonyl (C=O) groups excluding carboxylic acids is 1. The van der Waals surface area contributed by atoms with Crippen LogP contribution in [0.5, 0.6) is 0 Å². The van der Waals surface area contributed by atoms with E-state index in [0.717, 1.165) is 5.69 Å². The van der Waals surface area contributed by atoms with Gasteiger partial charge in [-0.15, -0.1) is 0 Å². The van der Waals surface area contributed by atoms with Gasteiger partial charge in [0.05, 0.1) is 27.6 Å². The van der Waals surface area contributed by atoms with Gasteiger partial charge in [-0.05, 0) is 32.0 Å². The molecule has 6 heteroatoms. The molecule has 0 unspecified atom stereocenters. The van der Waals surface area contributed by atoms with Gasteiger partial charge in [-0.1, -0.05) is 30.3 Å². The van der Waals surface area contributed by atoms with Crippen LogP contribution in [0.25, 0.3) is 5.69 Å². The van der Waals surface area contributed by atoms with Crippen LogP contribution in [-0.4, -0.2) is 20.5 Å². The van der Waals surface area contributed by atoms with Crippen LogP contribution in [0, 0.1) is 24.0 Å². The van der Waals surface area contributed by atoms with E-state index in [-0.39, 0.29) is 17.0 Å². The van der Waals surface area contributed by atoms with Gasteiger partial charge in [-0.3, -0.25) is 14.9 Å². The number of benzene rings is 2. The van der Waals surface area contributed by atoms with Gasteiger partial charge in [0.1, 0.15) is 5.56 Å². The highest BCUT2D eigenvalue weighted by Gasteiger charge is 2.26. The van der Waals surface area contributed by atoms with E-state index in [1.54, 1.807) is 30.7 Å². The Labute approximate surface area is 138 Å². The molecule has 2 aromatic carbocycles. The first-order valence-electron chi connectivity index (χ1n) is 7.40. The van der Waals surface area contributed by atoms with E-state index in [4.69, 9.17) is 0 Å². The monoisotopic (exact) mass is 321 g/mol. The molecule has 3 rings (SSSR count). The van der Waals surface area contributed by atoms with Crippen molar-refractivity contribution in [2.45, 2.75) is 13.8 Å². The third-order valence-electron chi connectivity index (χ3n) is 3.86. The lowest BCUT2D eigenvalue weighted by molar-refractivity contribution is -0.385. The SMILES string of the molecule is Cc1nn(-c2ccccc2)c(C)c1C(=O)c1ccccc1[N+](=O)[O-]. The number of nitro groups is 1. The van der Waals surface area contributed by atoms with Gasteiger partial charge in [0.2, 0.25) is 5.78 Å². The largest absolute Gasteiger partial charge is 0.288 e.